The van der Waals surface area contributed by atoms with Crippen LogP contribution in [0.5, 0.6) is 5.75 Å². The number of hydrogen-bond donors (Lipinski definition) is 1. The highest BCUT2D eigenvalue weighted by Crippen LogP contribution is 2.16. The summed E-state index contributed by atoms with van der Waals surface area (Å²) in [5, 5.41) is 6.95. The van der Waals surface area contributed by atoms with E-state index in [0.717, 1.165) is 17.0 Å². The van der Waals surface area contributed by atoms with Gasteiger partial charge >= 0.3 is 0 Å². The Morgan fingerprint density at radius 3 is 2.91 bits per heavy atom. The first-order valence-corrected chi connectivity index (χ1v) is 6.77. The number of amides is 1. The van der Waals surface area contributed by atoms with Crippen LogP contribution in [0.3, 0.4) is 0 Å². The van der Waals surface area contributed by atoms with Crippen LogP contribution in [0.25, 0.3) is 5.78 Å². The van der Waals surface area contributed by atoms with Crippen LogP contribution < -0.4 is 10.1 Å². The topological polar surface area (TPSA) is 81.4 Å². The van der Waals surface area contributed by atoms with Crippen molar-refractivity contribution in [3.63, 3.8) is 0 Å². The summed E-state index contributed by atoms with van der Waals surface area (Å²) in [6, 6.07) is 9.31. The second-order valence-electron chi connectivity index (χ2n) is 4.73. The average Bonchev–Trinajstić information content (AvgIpc) is 2.98. The molecule has 22 heavy (non-hydrogen) atoms. The minimum atomic E-state index is -0.351. The van der Waals surface area contributed by atoms with E-state index in [1.807, 2.05) is 31.2 Å². The number of nitrogens with one attached hydrogen (secondary N) is 1. The molecule has 0 atom stereocenters. The third-order valence-electron chi connectivity index (χ3n) is 3.26. The second-order valence-corrected chi connectivity index (χ2v) is 4.73. The zero-order valence-electron chi connectivity index (χ0n) is 12.3. The Labute approximate surface area is 127 Å². The molecule has 3 aromatic rings. The number of fused-ring (bicyclic) bond motifs is 1. The van der Waals surface area contributed by atoms with E-state index in [1.54, 1.807) is 19.4 Å². The lowest BCUT2D eigenvalue weighted by atomic mass is 10.2. The third-order valence-corrected chi connectivity index (χ3v) is 3.26. The van der Waals surface area contributed by atoms with Crippen LogP contribution in [0, 0.1) is 6.92 Å². The van der Waals surface area contributed by atoms with Gasteiger partial charge in [-0.3, -0.25) is 4.79 Å². The number of aromatic nitrogens is 4. The first-order valence-electron chi connectivity index (χ1n) is 6.77. The summed E-state index contributed by atoms with van der Waals surface area (Å²) >= 11 is 0. The van der Waals surface area contributed by atoms with Gasteiger partial charge in [0.2, 0.25) is 5.82 Å². The van der Waals surface area contributed by atoms with Gasteiger partial charge in [0.15, 0.2) is 0 Å². The molecular formula is C15H15N5O2. The van der Waals surface area contributed by atoms with Gasteiger partial charge in [0, 0.05) is 24.0 Å². The largest absolute Gasteiger partial charge is 0.496 e. The molecule has 0 fully saturated rings. The Morgan fingerprint density at radius 2 is 2.14 bits per heavy atom. The molecule has 1 amide bonds. The van der Waals surface area contributed by atoms with Crippen LogP contribution in [-0.2, 0) is 6.54 Å². The van der Waals surface area contributed by atoms with Crippen LogP contribution in [0.2, 0.25) is 0 Å². The standard InChI is InChI=1S/C15H15N5O2/c1-10-7-8-16-15-18-13(19-20(10)15)14(21)17-9-11-5-3-4-6-12(11)22-2/h3-8H,9H2,1-2H3,(H,17,21). The molecule has 0 radical (unpaired) electrons. The Bertz CT molecular complexity index is 828. The lowest BCUT2D eigenvalue weighted by molar-refractivity contribution is 0.0940. The van der Waals surface area contributed by atoms with Crippen LogP contribution in [0.15, 0.2) is 36.5 Å². The Hall–Kier alpha value is -2.96. The van der Waals surface area contributed by atoms with Crippen molar-refractivity contribution in [2.45, 2.75) is 13.5 Å². The van der Waals surface area contributed by atoms with E-state index in [0.29, 0.717) is 12.3 Å². The van der Waals surface area contributed by atoms with E-state index in [2.05, 4.69) is 20.4 Å². The molecule has 112 valence electrons. The van der Waals surface area contributed by atoms with Gasteiger partial charge in [-0.05, 0) is 19.1 Å². The third kappa shape index (κ3) is 2.60. The van der Waals surface area contributed by atoms with Crippen molar-refractivity contribution in [3.8, 4) is 5.75 Å². The molecule has 0 saturated heterocycles. The Morgan fingerprint density at radius 1 is 1.32 bits per heavy atom. The molecule has 2 heterocycles. The minimum absolute atomic E-state index is 0.0942. The number of rotatable bonds is 4. The number of ether oxygens (including phenoxy) is 1. The second kappa shape index (κ2) is 5.80. The molecular weight excluding hydrogens is 282 g/mol. The monoisotopic (exact) mass is 297 g/mol. The molecule has 3 rings (SSSR count). The van der Waals surface area contributed by atoms with Crippen LogP contribution in [0.1, 0.15) is 21.9 Å². The normalized spacial score (nSPS) is 10.6. The predicted molar refractivity (Wildman–Crippen MR) is 79.7 cm³/mol. The van der Waals surface area contributed by atoms with Crippen LogP contribution >= 0.6 is 0 Å². The van der Waals surface area contributed by atoms with Gasteiger partial charge in [0.05, 0.1) is 7.11 Å². The highest BCUT2D eigenvalue weighted by atomic mass is 16.5. The maximum Gasteiger partial charge on any atom is 0.291 e. The van der Waals surface area contributed by atoms with Crippen molar-refractivity contribution in [3.05, 3.63) is 53.6 Å². The van der Waals surface area contributed by atoms with Gasteiger partial charge in [0.1, 0.15) is 5.75 Å². The predicted octanol–water partition coefficient (Wildman–Crippen LogP) is 1.37. The van der Waals surface area contributed by atoms with Gasteiger partial charge in [0.25, 0.3) is 11.7 Å². The molecule has 2 aromatic heterocycles. The summed E-state index contributed by atoms with van der Waals surface area (Å²) in [5.74, 6) is 0.873. The molecule has 1 aromatic carbocycles. The van der Waals surface area contributed by atoms with E-state index >= 15 is 0 Å². The van der Waals surface area contributed by atoms with E-state index in [9.17, 15) is 4.79 Å². The zero-order chi connectivity index (χ0) is 15.5. The quantitative estimate of drug-likeness (QED) is 0.786. The van der Waals surface area contributed by atoms with Gasteiger partial charge < -0.3 is 10.1 Å². The fourth-order valence-electron chi connectivity index (χ4n) is 2.11. The summed E-state index contributed by atoms with van der Waals surface area (Å²) in [6.07, 6.45) is 1.63. The van der Waals surface area contributed by atoms with E-state index < -0.39 is 0 Å². The molecule has 1 N–H and O–H groups in total. The fraction of sp³-hybridized carbons (Fsp3) is 0.200. The number of methoxy groups -OCH3 is 1. The smallest absolute Gasteiger partial charge is 0.291 e. The van der Waals surface area contributed by atoms with Crippen molar-refractivity contribution in [2.75, 3.05) is 7.11 Å². The van der Waals surface area contributed by atoms with Crippen LogP contribution in [0.4, 0.5) is 0 Å². The first kappa shape index (κ1) is 14.0. The summed E-state index contributed by atoms with van der Waals surface area (Å²) in [4.78, 5) is 20.4. The highest BCUT2D eigenvalue weighted by Gasteiger charge is 2.14. The van der Waals surface area contributed by atoms with Crippen molar-refractivity contribution in [1.29, 1.82) is 0 Å². The molecule has 7 heteroatoms. The number of nitrogens with zero attached hydrogens (tertiary/aromatic N) is 4. The first-order chi connectivity index (χ1) is 10.7. The molecule has 0 bridgehead atoms. The Balaban J connectivity index is 1.77. The van der Waals surface area contributed by atoms with Crippen molar-refractivity contribution >= 4 is 11.7 Å². The fourth-order valence-corrected chi connectivity index (χ4v) is 2.11. The van der Waals surface area contributed by atoms with E-state index in [1.165, 1.54) is 4.52 Å². The lowest BCUT2D eigenvalue weighted by Gasteiger charge is -2.08. The minimum Gasteiger partial charge on any atom is -0.496 e. The van der Waals surface area contributed by atoms with Crippen LogP contribution in [-0.4, -0.2) is 32.6 Å². The summed E-state index contributed by atoms with van der Waals surface area (Å²) in [7, 11) is 1.60. The number of aryl methyl sites for hydroxylation is 1. The Kier molecular flexibility index (Phi) is 3.69. The average molecular weight is 297 g/mol. The maximum absolute atomic E-state index is 12.2. The van der Waals surface area contributed by atoms with Gasteiger partial charge in [-0.25, -0.2) is 9.50 Å². The van der Waals surface area contributed by atoms with Gasteiger partial charge in [-0.2, -0.15) is 4.98 Å². The molecule has 0 unspecified atom stereocenters. The molecule has 0 aliphatic heterocycles. The number of carbonyl (C=O) groups is 1. The molecule has 0 aliphatic rings. The summed E-state index contributed by atoms with van der Waals surface area (Å²) < 4.78 is 6.79. The zero-order valence-corrected chi connectivity index (χ0v) is 12.3. The summed E-state index contributed by atoms with van der Waals surface area (Å²) in [5.41, 5.74) is 1.75. The molecule has 7 nitrogen and oxygen atoms in total. The van der Waals surface area contributed by atoms with Crippen molar-refractivity contribution in [2.24, 2.45) is 0 Å². The van der Waals surface area contributed by atoms with Gasteiger partial charge in [-0.1, -0.05) is 18.2 Å². The highest BCUT2D eigenvalue weighted by molar-refractivity contribution is 5.90. The van der Waals surface area contributed by atoms with Crippen molar-refractivity contribution < 1.29 is 9.53 Å². The maximum atomic E-state index is 12.2. The number of carbonyl (C=O) groups excluding carboxylic acids is 1. The molecule has 0 saturated carbocycles. The lowest BCUT2D eigenvalue weighted by Crippen LogP contribution is -2.24. The number of hydrogen-bond acceptors (Lipinski definition) is 5. The number of para-hydroxylation sites is 1. The van der Waals surface area contributed by atoms with Gasteiger partial charge in [-0.15, -0.1) is 5.10 Å². The number of benzene rings is 1. The molecule has 0 spiro atoms. The van der Waals surface area contributed by atoms with E-state index in [-0.39, 0.29) is 11.7 Å². The van der Waals surface area contributed by atoms with E-state index in [4.69, 9.17) is 4.74 Å². The molecule has 0 aliphatic carbocycles. The SMILES string of the molecule is COc1ccccc1CNC(=O)c1nc2nccc(C)n2n1. The van der Waals surface area contributed by atoms with Crippen molar-refractivity contribution in [1.82, 2.24) is 24.9 Å². The summed E-state index contributed by atoms with van der Waals surface area (Å²) in [6.45, 7) is 2.21.